The Morgan fingerprint density at radius 2 is 1.90 bits per heavy atom. The first-order valence-corrected chi connectivity index (χ1v) is 8.64. The number of nitrogens with two attached hydrogens (primary N) is 2. The van der Waals surface area contributed by atoms with Crippen LogP contribution < -0.4 is 11.5 Å². The van der Waals surface area contributed by atoms with Crippen molar-refractivity contribution in [2.45, 2.75) is 24.8 Å². The van der Waals surface area contributed by atoms with E-state index in [9.17, 15) is 13.2 Å². The van der Waals surface area contributed by atoms with E-state index >= 15 is 0 Å². The number of anilines is 1. The zero-order chi connectivity index (χ0) is 15.7. The van der Waals surface area contributed by atoms with Gasteiger partial charge >= 0.3 is 0 Å². The number of hydrogen-bond acceptors (Lipinski definition) is 4. The lowest BCUT2D eigenvalue weighted by molar-refractivity contribution is -0.118. The third-order valence-electron chi connectivity index (χ3n) is 2.49. The summed E-state index contributed by atoms with van der Waals surface area (Å²) in [5.74, 6) is -0.728. The Morgan fingerprint density at radius 1 is 1.35 bits per heavy atom. The second-order valence-electron chi connectivity index (χ2n) is 4.42. The maximum Gasteiger partial charge on any atom is 0.246 e. The Kier molecular flexibility index (Phi) is 5.59. The standard InChI is InChI=1S/C11H15Br2N3O3S/c1-6(2)16(5-10(15)17)20(18,19)11-8(13)3-7(12)4-9(11)14/h3-4,6H,5,14H2,1-2H3,(H2,15,17). The average molecular weight is 429 g/mol. The normalized spacial score (nSPS) is 12.1. The Labute approximate surface area is 134 Å². The molecule has 0 unspecified atom stereocenters. The fourth-order valence-electron chi connectivity index (χ4n) is 1.67. The minimum atomic E-state index is -3.93. The number of nitrogens with zero attached hydrogens (tertiary/aromatic N) is 1. The Morgan fingerprint density at radius 3 is 2.30 bits per heavy atom. The molecule has 0 aromatic heterocycles. The Balaban J connectivity index is 3.45. The van der Waals surface area contributed by atoms with E-state index in [0.29, 0.717) is 8.95 Å². The summed E-state index contributed by atoms with van der Waals surface area (Å²) < 4.78 is 27.3. The van der Waals surface area contributed by atoms with Crippen molar-refractivity contribution in [1.29, 1.82) is 0 Å². The molecular formula is C11H15Br2N3O3S. The topological polar surface area (TPSA) is 106 Å². The number of benzene rings is 1. The van der Waals surface area contributed by atoms with E-state index < -0.39 is 28.5 Å². The van der Waals surface area contributed by atoms with Crippen LogP contribution in [0.15, 0.2) is 26.0 Å². The van der Waals surface area contributed by atoms with Gasteiger partial charge in [-0.3, -0.25) is 4.79 Å². The molecule has 0 aliphatic carbocycles. The van der Waals surface area contributed by atoms with Gasteiger partial charge in [-0.1, -0.05) is 15.9 Å². The highest BCUT2D eigenvalue weighted by Crippen LogP contribution is 2.34. The maximum absolute atomic E-state index is 12.7. The molecule has 0 atom stereocenters. The third kappa shape index (κ3) is 3.72. The summed E-state index contributed by atoms with van der Waals surface area (Å²) in [5, 5.41) is 0. The van der Waals surface area contributed by atoms with Crippen LogP contribution in [0.3, 0.4) is 0 Å². The van der Waals surface area contributed by atoms with Gasteiger partial charge < -0.3 is 11.5 Å². The van der Waals surface area contributed by atoms with Gasteiger partial charge in [0.2, 0.25) is 15.9 Å². The number of amides is 1. The van der Waals surface area contributed by atoms with Crippen LogP contribution in [-0.4, -0.2) is 31.2 Å². The van der Waals surface area contributed by atoms with Gasteiger partial charge in [-0.05, 0) is 41.9 Å². The molecule has 1 aromatic carbocycles. The van der Waals surface area contributed by atoms with Crippen LogP contribution >= 0.6 is 31.9 Å². The van der Waals surface area contributed by atoms with Crippen molar-refractivity contribution in [1.82, 2.24) is 4.31 Å². The zero-order valence-electron chi connectivity index (χ0n) is 10.9. The van der Waals surface area contributed by atoms with Gasteiger partial charge in [0.1, 0.15) is 4.90 Å². The highest BCUT2D eigenvalue weighted by Gasteiger charge is 2.32. The Bertz CT molecular complexity index is 609. The fraction of sp³-hybridized carbons (Fsp3) is 0.364. The molecule has 0 radical (unpaired) electrons. The highest BCUT2D eigenvalue weighted by atomic mass is 79.9. The summed E-state index contributed by atoms with van der Waals surface area (Å²) in [5.41, 5.74) is 11.0. The molecule has 1 amide bonds. The lowest BCUT2D eigenvalue weighted by atomic mass is 10.3. The molecule has 0 heterocycles. The van der Waals surface area contributed by atoms with Gasteiger partial charge in [0, 0.05) is 15.0 Å². The first-order chi connectivity index (χ1) is 9.07. The average Bonchev–Trinajstić information content (AvgIpc) is 2.22. The summed E-state index contributed by atoms with van der Waals surface area (Å²) in [6, 6.07) is 2.63. The van der Waals surface area contributed by atoms with Crippen molar-refractivity contribution < 1.29 is 13.2 Å². The maximum atomic E-state index is 12.7. The van der Waals surface area contributed by atoms with E-state index in [1.54, 1.807) is 19.9 Å². The Hall–Kier alpha value is -0.640. The largest absolute Gasteiger partial charge is 0.398 e. The molecule has 0 bridgehead atoms. The third-order valence-corrected chi connectivity index (χ3v) is 5.98. The molecule has 0 saturated carbocycles. The molecule has 1 rings (SSSR count). The van der Waals surface area contributed by atoms with Gasteiger partial charge in [-0.15, -0.1) is 0 Å². The van der Waals surface area contributed by atoms with E-state index in [0.717, 1.165) is 4.31 Å². The first kappa shape index (κ1) is 17.4. The number of carbonyl (C=O) groups excluding carboxylic acids is 1. The van der Waals surface area contributed by atoms with Gasteiger partial charge in [-0.25, -0.2) is 8.42 Å². The van der Waals surface area contributed by atoms with E-state index in [-0.39, 0.29) is 10.6 Å². The van der Waals surface area contributed by atoms with E-state index in [1.807, 2.05) is 0 Å². The number of halogens is 2. The molecule has 9 heteroatoms. The molecule has 0 spiro atoms. The molecule has 0 aliphatic heterocycles. The molecule has 112 valence electrons. The minimum Gasteiger partial charge on any atom is -0.398 e. The minimum absolute atomic E-state index is 0.0735. The number of sulfonamides is 1. The van der Waals surface area contributed by atoms with Gasteiger partial charge in [0.15, 0.2) is 0 Å². The number of hydrogen-bond donors (Lipinski definition) is 2. The number of rotatable bonds is 5. The van der Waals surface area contributed by atoms with Crippen molar-refractivity contribution in [2.75, 3.05) is 12.3 Å². The summed E-state index contributed by atoms with van der Waals surface area (Å²) in [7, 11) is -3.93. The van der Waals surface area contributed by atoms with Crippen molar-refractivity contribution in [2.24, 2.45) is 5.73 Å². The summed E-state index contributed by atoms with van der Waals surface area (Å²) in [6.45, 7) is 2.91. The van der Waals surface area contributed by atoms with E-state index in [1.165, 1.54) is 6.07 Å². The molecule has 20 heavy (non-hydrogen) atoms. The lowest BCUT2D eigenvalue weighted by Crippen LogP contribution is -2.43. The van der Waals surface area contributed by atoms with Gasteiger partial charge in [0.05, 0.1) is 12.2 Å². The van der Waals surface area contributed by atoms with Crippen LogP contribution in [0.25, 0.3) is 0 Å². The smallest absolute Gasteiger partial charge is 0.246 e. The van der Waals surface area contributed by atoms with Crippen molar-refractivity contribution in [3.8, 4) is 0 Å². The van der Waals surface area contributed by atoms with E-state index in [4.69, 9.17) is 11.5 Å². The molecule has 0 saturated heterocycles. The van der Waals surface area contributed by atoms with Gasteiger partial charge in [-0.2, -0.15) is 4.31 Å². The highest BCUT2D eigenvalue weighted by molar-refractivity contribution is 9.11. The summed E-state index contributed by atoms with van der Waals surface area (Å²) >= 11 is 6.41. The number of primary amides is 1. The van der Waals surface area contributed by atoms with Crippen LogP contribution in [0.5, 0.6) is 0 Å². The van der Waals surface area contributed by atoms with Crippen molar-refractivity contribution >= 4 is 53.5 Å². The number of carbonyl (C=O) groups is 1. The van der Waals surface area contributed by atoms with Crippen LogP contribution in [0.2, 0.25) is 0 Å². The quantitative estimate of drug-likeness (QED) is 0.695. The van der Waals surface area contributed by atoms with Crippen molar-refractivity contribution in [3.63, 3.8) is 0 Å². The molecule has 1 aromatic rings. The molecular weight excluding hydrogens is 414 g/mol. The second kappa shape index (κ2) is 6.42. The second-order valence-corrected chi connectivity index (χ2v) is 8.01. The van der Waals surface area contributed by atoms with Crippen LogP contribution in [0.4, 0.5) is 5.69 Å². The van der Waals surface area contributed by atoms with E-state index in [2.05, 4.69) is 31.9 Å². The number of nitrogen functional groups attached to an aromatic ring is 1. The SMILES string of the molecule is CC(C)N(CC(N)=O)S(=O)(=O)c1c(N)cc(Br)cc1Br. The molecule has 0 fully saturated rings. The predicted molar refractivity (Wildman–Crippen MR) is 84.5 cm³/mol. The summed E-state index contributed by atoms with van der Waals surface area (Å²) in [6.07, 6.45) is 0. The zero-order valence-corrected chi connectivity index (χ0v) is 14.9. The van der Waals surface area contributed by atoms with Crippen LogP contribution in [0, 0.1) is 0 Å². The van der Waals surface area contributed by atoms with Gasteiger partial charge in [0.25, 0.3) is 0 Å². The predicted octanol–water partition coefficient (Wildman–Crippen LogP) is 1.68. The summed E-state index contributed by atoms with van der Waals surface area (Å²) in [4.78, 5) is 11.0. The first-order valence-electron chi connectivity index (χ1n) is 5.62. The molecule has 6 nitrogen and oxygen atoms in total. The van der Waals surface area contributed by atoms with Crippen LogP contribution in [-0.2, 0) is 14.8 Å². The fourth-order valence-corrected chi connectivity index (χ4v) is 5.29. The molecule has 4 N–H and O–H groups in total. The van der Waals surface area contributed by atoms with Crippen LogP contribution in [0.1, 0.15) is 13.8 Å². The monoisotopic (exact) mass is 427 g/mol. The lowest BCUT2D eigenvalue weighted by Gasteiger charge is -2.25. The molecule has 0 aliphatic rings. The van der Waals surface area contributed by atoms with Crippen molar-refractivity contribution in [3.05, 3.63) is 21.1 Å².